The molecule has 0 radical (unpaired) electrons. The maximum Gasteiger partial charge on any atom is 0.234 e. The van der Waals surface area contributed by atoms with Crippen LogP contribution < -0.4 is 10.6 Å². The molecule has 0 spiro atoms. The van der Waals surface area contributed by atoms with Crippen molar-refractivity contribution in [3.63, 3.8) is 0 Å². The third-order valence-corrected chi connectivity index (χ3v) is 4.58. The Morgan fingerprint density at radius 3 is 2.46 bits per heavy atom. The first-order valence-electron chi connectivity index (χ1n) is 8.64. The predicted octanol–water partition coefficient (Wildman–Crippen LogP) is 3.74. The van der Waals surface area contributed by atoms with E-state index in [1.54, 1.807) is 0 Å². The summed E-state index contributed by atoms with van der Waals surface area (Å²) in [6.07, 6.45) is 2.39. The molecule has 1 aliphatic heterocycles. The van der Waals surface area contributed by atoms with Gasteiger partial charge in [-0.05, 0) is 36.1 Å². The van der Waals surface area contributed by atoms with E-state index in [1.807, 2.05) is 54.6 Å². The minimum atomic E-state index is -0.199. The molecule has 0 bridgehead atoms. The Morgan fingerprint density at radius 2 is 1.81 bits per heavy atom. The summed E-state index contributed by atoms with van der Waals surface area (Å²) in [6, 6.07) is 17.3. The largest absolute Gasteiger partial charge is 0.377 e. The summed E-state index contributed by atoms with van der Waals surface area (Å²) >= 11 is 5.99. The molecule has 2 aromatic rings. The van der Waals surface area contributed by atoms with Crippen LogP contribution in [0.25, 0.3) is 0 Å². The minimum absolute atomic E-state index is 0. The van der Waals surface area contributed by atoms with Crippen molar-refractivity contribution < 1.29 is 9.53 Å². The molecule has 2 unspecified atom stereocenters. The lowest BCUT2D eigenvalue weighted by Gasteiger charge is -2.20. The van der Waals surface area contributed by atoms with E-state index < -0.39 is 0 Å². The number of carbonyl (C=O) groups is 1. The van der Waals surface area contributed by atoms with E-state index in [0.717, 1.165) is 30.6 Å². The molecule has 0 saturated carbocycles. The summed E-state index contributed by atoms with van der Waals surface area (Å²) in [5.74, 6) is -0.0400. The van der Waals surface area contributed by atoms with Gasteiger partial charge in [-0.25, -0.2) is 0 Å². The highest BCUT2D eigenvalue weighted by molar-refractivity contribution is 6.30. The number of rotatable bonds is 7. The molecule has 0 aromatic heterocycles. The summed E-state index contributed by atoms with van der Waals surface area (Å²) in [5, 5.41) is 6.98. The lowest BCUT2D eigenvalue weighted by Crippen LogP contribution is -2.39. The van der Waals surface area contributed by atoms with Crippen molar-refractivity contribution in [1.29, 1.82) is 0 Å². The highest BCUT2D eigenvalue weighted by Gasteiger charge is 2.18. The lowest BCUT2D eigenvalue weighted by molar-refractivity contribution is -0.120. The van der Waals surface area contributed by atoms with Crippen LogP contribution in [0.1, 0.15) is 30.0 Å². The zero-order valence-electron chi connectivity index (χ0n) is 14.5. The molecule has 2 N–H and O–H groups in total. The topological polar surface area (TPSA) is 50.4 Å². The standard InChI is InChI=1S/C20H23ClN2O2.ClH/c21-17-10-8-16(9-11-17)20(15-5-2-1-3-6-15)23-19(24)14-22-13-18-7-4-12-25-18;/h1-3,5-6,8-11,18,20,22H,4,7,12-14H2,(H,23,24);1H. The van der Waals surface area contributed by atoms with E-state index >= 15 is 0 Å². The number of hydrogen-bond acceptors (Lipinski definition) is 3. The maximum atomic E-state index is 12.4. The van der Waals surface area contributed by atoms with Crippen molar-refractivity contribution in [3.8, 4) is 0 Å². The van der Waals surface area contributed by atoms with Crippen LogP contribution >= 0.6 is 24.0 Å². The summed E-state index contributed by atoms with van der Waals surface area (Å²) in [5.41, 5.74) is 2.04. The van der Waals surface area contributed by atoms with Gasteiger partial charge in [-0.15, -0.1) is 12.4 Å². The lowest BCUT2D eigenvalue weighted by atomic mass is 9.98. The normalized spacial score (nSPS) is 17.3. The number of ether oxygens (including phenoxy) is 1. The fourth-order valence-corrected chi connectivity index (χ4v) is 3.15. The summed E-state index contributed by atoms with van der Waals surface area (Å²) in [4.78, 5) is 12.4. The van der Waals surface area contributed by atoms with Gasteiger partial charge in [-0.3, -0.25) is 4.79 Å². The van der Waals surface area contributed by atoms with E-state index in [4.69, 9.17) is 16.3 Å². The van der Waals surface area contributed by atoms with Gasteiger partial charge in [0.1, 0.15) is 0 Å². The van der Waals surface area contributed by atoms with Crippen molar-refractivity contribution >= 4 is 29.9 Å². The number of halogens is 2. The van der Waals surface area contributed by atoms with Crippen LogP contribution in [-0.2, 0) is 9.53 Å². The van der Waals surface area contributed by atoms with Gasteiger partial charge in [-0.1, -0.05) is 54.1 Å². The Kier molecular flexibility index (Phi) is 8.39. The first-order valence-corrected chi connectivity index (χ1v) is 9.02. The molecule has 1 fully saturated rings. The SMILES string of the molecule is Cl.O=C(CNCC1CCCO1)NC(c1ccccc1)c1ccc(Cl)cc1. The molecule has 0 aliphatic carbocycles. The van der Waals surface area contributed by atoms with Crippen LogP contribution in [0, 0.1) is 0 Å². The molecular formula is C20H24Cl2N2O2. The van der Waals surface area contributed by atoms with Crippen molar-refractivity contribution in [1.82, 2.24) is 10.6 Å². The Balaban J connectivity index is 0.00000243. The summed E-state index contributed by atoms with van der Waals surface area (Å²) in [6.45, 7) is 1.81. The number of benzene rings is 2. The van der Waals surface area contributed by atoms with E-state index in [2.05, 4.69) is 10.6 Å². The molecule has 1 amide bonds. The van der Waals surface area contributed by atoms with E-state index in [9.17, 15) is 4.79 Å². The Bertz CT molecular complexity index is 674. The van der Waals surface area contributed by atoms with Crippen LogP contribution in [0.4, 0.5) is 0 Å². The maximum absolute atomic E-state index is 12.4. The number of hydrogen-bond donors (Lipinski definition) is 2. The average molecular weight is 395 g/mol. The third kappa shape index (κ3) is 5.99. The van der Waals surface area contributed by atoms with Gasteiger partial charge >= 0.3 is 0 Å². The molecular weight excluding hydrogens is 371 g/mol. The molecule has 2 atom stereocenters. The zero-order chi connectivity index (χ0) is 17.5. The van der Waals surface area contributed by atoms with Crippen molar-refractivity contribution in [2.75, 3.05) is 19.7 Å². The van der Waals surface area contributed by atoms with Gasteiger partial charge in [0.05, 0.1) is 18.7 Å². The highest BCUT2D eigenvalue weighted by atomic mass is 35.5. The summed E-state index contributed by atoms with van der Waals surface area (Å²) < 4.78 is 5.56. The van der Waals surface area contributed by atoms with Crippen LogP contribution in [0.3, 0.4) is 0 Å². The fraction of sp³-hybridized carbons (Fsp3) is 0.350. The predicted molar refractivity (Wildman–Crippen MR) is 107 cm³/mol. The van der Waals surface area contributed by atoms with Crippen LogP contribution in [0.2, 0.25) is 5.02 Å². The van der Waals surface area contributed by atoms with Gasteiger partial charge in [0, 0.05) is 18.2 Å². The number of carbonyl (C=O) groups excluding carboxylic acids is 1. The van der Waals surface area contributed by atoms with Crippen molar-refractivity contribution in [3.05, 3.63) is 70.7 Å². The zero-order valence-corrected chi connectivity index (χ0v) is 16.1. The second-order valence-electron chi connectivity index (χ2n) is 6.23. The molecule has 2 aromatic carbocycles. The van der Waals surface area contributed by atoms with E-state index in [0.29, 0.717) is 11.6 Å². The van der Waals surface area contributed by atoms with Gasteiger partial charge in [0.2, 0.25) is 5.91 Å². The van der Waals surface area contributed by atoms with Gasteiger partial charge in [0.15, 0.2) is 0 Å². The molecule has 140 valence electrons. The molecule has 1 aliphatic rings. The smallest absolute Gasteiger partial charge is 0.234 e. The first kappa shape index (κ1) is 20.7. The Hall–Kier alpha value is -1.59. The number of amides is 1. The second kappa shape index (κ2) is 10.5. The molecule has 1 heterocycles. The second-order valence-corrected chi connectivity index (χ2v) is 6.67. The minimum Gasteiger partial charge on any atom is -0.377 e. The van der Waals surface area contributed by atoms with Crippen molar-refractivity contribution in [2.24, 2.45) is 0 Å². The van der Waals surface area contributed by atoms with Crippen LogP contribution in [0.5, 0.6) is 0 Å². The van der Waals surface area contributed by atoms with Gasteiger partial charge < -0.3 is 15.4 Å². The Morgan fingerprint density at radius 1 is 1.12 bits per heavy atom. The highest BCUT2D eigenvalue weighted by Crippen LogP contribution is 2.23. The van der Waals surface area contributed by atoms with Crippen LogP contribution in [-0.4, -0.2) is 31.7 Å². The molecule has 26 heavy (non-hydrogen) atoms. The monoisotopic (exact) mass is 394 g/mol. The molecule has 4 nitrogen and oxygen atoms in total. The summed E-state index contributed by atoms with van der Waals surface area (Å²) in [7, 11) is 0. The Labute approximate surface area is 165 Å². The van der Waals surface area contributed by atoms with Gasteiger partial charge in [-0.2, -0.15) is 0 Å². The van der Waals surface area contributed by atoms with E-state index in [-0.39, 0.29) is 37.0 Å². The third-order valence-electron chi connectivity index (χ3n) is 4.32. The fourth-order valence-electron chi connectivity index (χ4n) is 3.02. The van der Waals surface area contributed by atoms with Crippen LogP contribution in [0.15, 0.2) is 54.6 Å². The van der Waals surface area contributed by atoms with E-state index in [1.165, 1.54) is 0 Å². The van der Waals surface area contributed by atoms with Crippen molar-refractivity contribution in [2.45, 2.75) is 25.0 Å². The van der Waals surface area contributed by atoms with Gasteiger partial charge in [0.25, 0.3) is 0 Å². The molecule has 3 rings (SSSR count). The number of nitrogens with one attached hydrogen (secondary N) is 2. The molecule has 1 saturated heterocycles. The molecule has 6 heteroatoms. The first-order chi connectivity index (χ1) is 12.2. The quantitative estimate of drug-likeness (QED) is 0.751. The average Bonchev–Trinajstić information content (AvgIpc) is 3.15.